The van der Waals surface area contributed by atoms with Gasteiger partial charge in [-0.1, -0.05) is 75.8 Å². The zero-order chi connectivity index (χ0) is 35.2. The number of fused-ring (bicyclic) bond motifs is 1. The summed E-state index contributed by atoms with van der Waals surface area (Å²) < 4.78 is 7.94. The smallest absolute Gasteiger partial charge is 0.118 e. The predicted octanol–water partition coefficient (Wildman–Crippen LogP) is 10.3. The number of phenols is 1. The molecule has 3 unspecified atom stereocenters. The van der Waals surface area contributed by atoms with E-state index in [0.29, 0.717) is 23.6 Å². The first-order valence-electron chi connectivity index (χ1n) is 18.1. The van der Waals surface area contributed by atoms with Gasteiger partial charge >= 0.3 is 0 Å². The van der Waals surface area contributed by atoms with Crippen LogP contribution in [-0.4, -0.2) is 47.9 Å². The Morgan fingerprint density at radius 3 is 2.49 bits per heavy atom. The Bertz CT molecular complexity index is 1530. The molecule has 0 fully saturated rings. The maximum absolute atomic E-state index is 10.3. The van der Waals surface area contributed by atoms with E-state index in [2.05, 4.69) is 109 Å². The van der Waals surface area contributed by atoms with Crippen LogP contribution in [0.2, 0.25) is 0 Å². The highest BCUT2D eigenvalue weighted by Gasteiger charge is 2.29. The van der Waals surface area contributed by atoms with Crippen molar-refractivity contribution in [3.63, 3.8) is 0 Å². The third kappa shape index (κ3) is 10.5. The summed E-state index contributed by atoms with van der Waals surface area (Å²) >= 11 is 1.87. The van der Waals surface area contributed by atoms with Gasteiger partial charge in [0, 0.05) is 49.3 Å². The number of aliphatic hydroxyl groups excluding tert-OH is 1. The fourth-order valence-corrected chi connectivity index (χ4v) is 8.17. The largest absolute Gasteiger partial charge is 0.508 e. The van der Waals surface area contributed by atoms with Gasteiger partial charge in [0.15, 0.2) is 0 Å². The summed E-state index contributed by atoms with van der Waals surface area (Å²) in [7, 11) is 2.72. The standard InChI is InChI=1S/C42H54N2O2S.CH4O/c1-6-10-35-26-38(45)21-25-41(35)36-19-18-34-20-24-40(27-42(34)44(30-36)37(9-4)11-7-2)47-43(28-32-14-12-31(8-3)13-15-32)29-33-16-22-39(46-5)23-17-33;1-2/h7,12,14-17,20-27,31,36-37,45H,2,6,8-11,13,18-19,28-30H2,1,3-5H3;2H,1H3. The second-order valence-corrected chi connectivity index (χ2v) is 14.3. The van der Waals surface area contributed by atoms with Crippen LogP contribution in [0.4, 0.5) is 5.69 Å². The van der Waals surface area contributed by atoms with Crippen molar-refractivity contribution in [1.29, 1.82) is 0 Å². The first kappa shape index (κ1) is 38.4. The monoisotopic (exact) mass is 682 g/mol. The normalized spacial score (nSPS) is 17.8. The van der Waals surface area contributed by atoms with Crippen LogP contribution in [0.25, 0.3) is 0 Å². The molecule has 1 aliphatic heterocycles. The van der Waals surface area contributed by atoms with Gasteiger partial charge in [0.2, 0.25) is 0 Å². The molecule has 0 saturated heterocycles. The van der Waals surface area contributed by atoms with E-state index in [4.69, 9.17) is 9.84 Å². The van der Waals surface area contributed by atoms with Crippen LogP contribution in [0.1, 0.15) is 87.5 Å². The SMILES string of the molecule is C=CCC(CC)N1CC(c2ccc(O)cc2CCC)CCc2ccc(SN(CC3=CCC(CC)C=C3)Cc3ccc(OC)cc3)cc21.CO. The Morgan fingerprint density at radius 1 is 1.04 bits per heavy atom. The highest BCUT2D eigenvalue weighted by molar-refractivity contribution is 7.97. The average molecular weight is 683 g/mol. The predicted molar refractivity (Wildman–Crippen MR) is 209 cm³/mol. The summed E-state index contributed by atoms with van der Waals surface area (Å²) in [6.45, 7) is 13.6. The van der Waals surface area contributed by atoms with E-state index < -0.39 is 0 Å². The summed E-state index contributed by atoms with van der Waals surface area (Å²) in [4.78, 5) is 3.96. The minimum absolute atomic E-state index is 0.370. The van der Waals surface area contributed by atoms with Crippen molar-refractivity contribution in [2.45, 2.75) is 95.5 Å². The van der Waals surface area contributed by atoms with E-state index in [1.807, 2.05) is 24.1 Å². The number of anilines is 1. The maximum Gasteiger partial charge on any atom is 0.118 e. The zero-order valence-corrected chi connectivity index (χ0v) is 31.2. The fraction of sp³-hybridized carbons (Fsp3) is 0.442. The van der Waals surface area contributed by atoms with Crippen molar-refractivity contribution >= 4 is 17.6 Å². The number of aliphatic hydroxyl groups is 1. The third-order valence-corrected chi connectivity index (χ3v) is 10.9. The minimum Gasteiger partial charge on any atom is -0.508 e. The number of phenolic OH excluding ortho intramolecular Hbond substituents is 1. The van der Waals surface area contributed by atoms with Crippen LogP contribution in [0.15, 0.2) is 102 Å². The number of hydrogen-bond donors (Lipinski definition) is 2. The third-order valence-electron chi connectivity index (χ3n) is 9.88. The number of nitrogens with zero attached hydrogens (tertiary/aromatic N) is 2. The molecule has 1 aliphatic carbocycles. The number of hydrogen-bond acceptors (Lipinski definition) is 6. The molecule has 3 aromatic rings. The lowest BCUT2D eigenvalue weighted by molar-refractivity contribution is 0.399. The Morgan fingerprint density at radius 2 is 1.84 bits per heavy atom. The number of rotatable bonds is 15. The van der Waals surface area contributed by atoms with Crippen LogP contribution in [0.5, 0.6) is 11.5 Å². The maximum atomic E-state index is 10.3. The molecule has 1 heterocycles. The molecule has 2 aliphatic rings. The molecular weight excluding hydrogens is 625 g/mol. The molecule has 0 radical (unpaired) electrons. The summed E-state index contributed by atoms with van der Waals surface area (Å²) in [6, 6.07) is 22.1. The lowest BCUT2D eigenvalue weighted by atomic mass is 9.88. The van der Waals surface area contributed by atoms with Crippen LogP contribution in [0, 0.1) is 5.92 Å². The van der Waals surface area contributed by atoms with Gasteiger partial charge in [-0.3, -0.25) is 0 Å². The van der Waals surface area contributed by atoms with Crippen molar-refractivity contribution in [1.82, 2.24) is 4.31 Å². The van der Waals surface area contributed by atoms with Gasteiger partial charge in [0.1, 0.15) is 11.5 Å². The summed E-state index contributed by atoms with van der Waals surface area (Å²) in [5, 5.41) is 17.3. The fourth-order valence-electron chi connectivity index (χ4n) is 7.16. The minimum atomic E-state index is 0.370. The van der Waals surface area contributed by atoms with Crippen molar-refractivity contribution in [2.24, 2.45) is 5.92 Å². The highest BCUT2D eigenvalue weighted by atomic mass is 32.2. The number of methoxy groups -OCH3 is 1. The first-order valence-corrected chi connectivity index (χ1v) is 18.9. The molecule has 264 valence electrons. The van der Waals surface area contributed by atoms with Gasteiger partial charge in [-0.05, 0) is 127 Å². The van der Waals surface area contributed by atoms with E-state index in [0.717, 1.165) is 77.4 Å². The van der Waals surface area contributed by atoms with Gasteiger partial charge in [0.25, 0.3) is 0 Å². The molecule has 49 heavy (non-hydrogen) atoms. The summed E-state index contributed by atoms with van der Waals surface area (Å²) in [5.41, 5.74) is 8.16. The summed E-state index contributed by atoms with van der Waals surface area (Å²) in [6.07, 6.45) is 17.8. The van der Waals surface area contributed by atoms with Gasteiger partial charge in [-0.2, -0.15) is 0 Å². The lowest BCUT2D eigenvalue weighted by Gasteiger charge is -2.36. The Hall–Kier alpha value is -3.45. The van der Waals surface area contributed by atoms with Gasteiger partial charge in [0.05, 0.1) is 7.11 Å². The summed E-state index contributed by atoms with van der Waals surface area (Å²) in [5.74, 6) is 2.32. The van der Waals surface area contributed by atoms with Crippen LogP contribution >= 0.6 is 11.9 Å². The first-order chi connectivity index (χ1) is 23.9. The molecule has 3 aromatic carbocycles. The van der Waals surface area contributed by atoms with Gasteiger partial charge < -0.3 is 19.8 Å². The zero-order valence-electron chi connectivity index (χ0n) is 30.4. The topological polar surface area (TPSA) is 56.2 Å². The quantitative estimate of drug-likeness (QED) is 0.123. The van der Waals surface area contributed by atoms with Crippen molar-refractivity contribution in [3.05, 3.63) is 119 Å². The Balaban J connectivity index is 0.00000265. The average Bonchev–Trinajstić information content (AvgIpc) is 3.32. The Kier molecular flexibility index (Phi) is 15.4. The molecule has 0 aromatic heterocycles. The van der Waals surface area contributed by atoms with Crippen molar-refractivity contribution < 1.29 is 14.9 Å². The molecular formula is C43H58N2O3S. The number of aromatic hydroxyl groups is 1. The van der Waals surface area contributed by atoms with Crippen molar-refractivity contribution in [2.75, 3.05) is 32.2 Å². The highest BCUT2D eigenvalue weighted by Crippen LogP contribution is 2.40. The lowest BCUT2D eigenvalue weighted by Crippen LogP contribution is -2.37. The van der Waals surface area contributed by atoms with E-state index in [1.54, 1.807) is 7.11 Å². The molecule has 0 saturated carbocycles. The van der Waals surface area contributed by atoms with E-state index in [-0.39, 0.29) is 0 Å². The van der Waals surface area contributed by atoms with E-state index >= 15 is 0 Å². The molecule has 0 bridgehead atoms. The number of ether oxygens (including phenoxy) is 1. The molecule has 6 heteroatoms. The van der Waals surface area contributed by atoms with Crippen LogP contribution in [0.3, 0.4) is 0 Å². The number of benzene rings is 3. The van der Waals surface area contributed by atoms with E-state index in [1.165, 1.54) is 44.8 Å². The molecule has 5 rings (SSSR count). The van der Waals surface area contributed by atoms with E-state index in [9.17, 15) is 5.11 Å². The molecule has 5 nitrogen and oxygen atoms in total. The van der Waals surface area contributed by atoms with Gasteiger partial charge in [-0.25, -0.2) is 4.31 Å². The number of aryl methyl sites for hydroxylation is 2. The molecule has 0 amide bonds. The van der Waals surface area contributed by atoms with Crippen LogP contribution < -0.4 is 9.64 Å². The second-order valence-electron chi connectivity index (χ2n) is 13.2. The molecule has 3 atom stereocenters. The Labute approximate surface area is 300 Å². The number of allylic oxidation sites excluding steroid dienone is 2. The van der Waals surface area contributed by atoms with Gasteiger partial charge in [-0.15, -0.1) is 6.58 Å². The molecule has 2 N–H and O–H groups in total. The molecule has 0 spiro atoms. The second kappa shape index (κ2) is 19.7. The van der Waals surface area contributed by atoms with Crippen LogP contribution in [-0.2, 0) is 19.4 Å². The van der Waals surface area contributed by atoms with Crippen molar-refractivity contribution in [3.8, 4) is 11.5 Å².